The van der Waals surface area contributed by atoms with Crippen LogP contribution in [0.4, 0.5) is 5.13 Å². The van der Waals surface area contributed by atoms with E-state index in [9.17, 15) is 4.79 Å². The minimum atomic E-state index is -0.152. The number of hydrogen-bond acceptors (Lipinski definition) is 3. The number of nitrogens with one attached hydrogen (secondary N) is 1. The van der Waals surface area contributed by atoms with Gasteiger partial charge in [0.05, 0.1) is 10.2 Å². The van der Waals surface area contributed by atoms with Crippen LogP contribution in [-0.4, -0.2) is 10.9 Å². The molecule has 0 fully saturated rings. The Morgan fingerprint density at radius 1 is 1.00 bits per heavy atom. The van der Waals surface area contributed by atoms with E-state index in [4.69, 9.17) is 0 Å². The number of aromatic nitrogens is 1. The van der Waals surface area contributed by atoms with E-state index >= 15 is 0 Å². The normalized spacial score (nSPS) is 11.0. The summed E-state index contributed by atoms with van der Waals surface area (Å²) in [6.07, 6.45) is 0. The summed E-state index contributed by atoms with van der Waals surface area (Å²) in [7, 11) is 0. The lowest BCUT2D eigenvalue weighted by atomic mass is 10.1. The van der Waals surface area contributed by atoms with Crippen molar-refractivity contribution in [1.29, 1.82) is 0 Å². The van der Waals surface area contributed by atoms with Gasteiger partial charge in [-0.2, -0.15) is 0 Å². The van der Waals surface area contributed by atoms with Gasteiger partial charge in [-0.05, 0) is 35.7 Å². The maximum absolute atomic E-state index is 12.3. The van der Waals surface area contributed by atoms with E-state index < -0.39 is 0 Å². The zero-order valence-corrected chi connectivity index (χ0v) is 14.3. The first-order chi connectivity index (χ1) is 11.2. The summed E-state index contributed by atoms with van der Waals surface area (Å²) < 4.78 is 2.04. The van der Waals surface area contributed by atoms with Crippen molar-refractivity contribution in [3.8, 4) is 0 Å². The van der Waals surface area contributed by atoms with Crippen LogP contribution in [0.25, 0.3) is 21.0 Å². The number of hydrogen-bond donors (Lipinski definition) is 1. The maximum Gasteiger partial charge on any atom is 0.257 e. The minimum Gasteiger partial charge on any atom is -0.298 e. The van der Waals surface area contributed by atoms with Gasteiger partial charge in [0.25, 0.3) is 5.91 Å². The van der Waals surface area contributed by atoms with Crippen molar-refractivity contribution in [1.82, 2.24) is 4.98 Å². The van der Waals surface area contributed by atoms with Crippen molar-refractivity contribution in [3.63, 3.8) is 0 Å². The second-order valence-corrected chi connectivity index (χ2v) is 7.03. The third-order valence-electron chi connectivity index (χ3n) is 3.61. The van der Waals surface area contributed by atoms with Gasteiger partial charge in [-0.25, -0.2) is 4.98 Å². The molecular formula is C18H11BrN2OS. The van der Waals surface area contributed by atoms with Crippen molar-refractivity contribution in [2.75, 3.05) is 5.32 Å². The Balaban J connectivity index is 1.70. The Bertz CT molecular complexity index is 1020. The van der Waals surface area contributed by atoms with E-state index in [0.717, 1.165) is 20.1 Å². The highest BCUT2D eigenvalue weighted by molar-refractivity contribution is 9.10. The summed E-state index contributed by atoms with van der Waals surface area (Å²) >= 11 is 4.87. The third kappa shape index (κ3) is 2.73. The lowest BCUT2D eigenvalue weighted by Crippen LogP contribution is -2.11. The predicted octanol–water partition coefficient (Wildman–Crippen LogP) is 5.46. The molecule has 0 atom stereocenters. The molecule has 1 N–H and O–H groups in total. The average Bonchev–Trinajstić information content (AvgIpc) is 2.98. The smallest absolute Gasteiger partial charge is 0.257 e. The van der Waals surface area contributed by atoms with E-state index in [2.05, 4.69) is 44.4 Å². The summed E-state index contributed by atoms with van der Waals surface area (Å²) in [5.74, 6) is -0.152. The zero-order chi connectivity index (χ0) is 15.8. The SMILES string of the molecule is O=C(Nc1nc2ccc3ccccc3c2s1)c1ccc(Br)cc1. The standard InChI is InChI=1S/C18H11BrN2OS/c19-13-8-5-12(6-9-13)17(22)21-18-20-15-10-7-11-3-1-2-4-14(11)16(15)23-18/h1-10H,(H,20,21,22). The van der Waals surface area contributed by atoms with Crippen LogP contribution < -0.4 is 5.32 Å². The fraction of sp³-hybridized carbons (Fsp3) is 0. The van der Waals surface area contributed by atoms with E-state index in [0.29, 0.717) is 10.7 Å². The molecule has 0 saturated carbocycles. The van der Waals surface area contributed by atoms with Crippen LogP contribution in [0.5, 0.6) is 0 Å². The van der Waals surface area contributed by atoms with Gasteiger partial charge in [-0.3, -0.25) is 10.1 Å². The molecular weight excluding hydrogens is 372 g/mol. The van der Waals surface area contributed by atoms with Crippen LogP contribution in [0.2, 0.25) is 0 Å². The van der Waals surface area contributed by atoms with E-state index in [1.54, 1.807) is 12.1 Å². The summed E-state index contributed by atoms with van der Waals surface area (Å²) in [6.45, 7) is 0. The number of amides is 1. The number of halogens is 1. The van der Waals surface area contributed by atoms with Crippen LogP contribution in [-0.2, 0) is 0 Å². The highest BCUT2D eigenvalue weighted by Crippen LogP contribution is 2.32. The Kier molecular flexibility index (Phi) is 3.59. The molecule has 112 valence electrons. The highest BCUT2D eigenvalue weighted by atomic mass is 79.9. The third-order valence-corrected chi connectivity index (χ3v) is 5.15. The lowest BCUT2D eigenvalue weighted by Gasteiger charge is -2.01. The quantitative estimate of drug-likeness (QED) is 0.499. The van der Waals surface area contributed by atoms with Gasteiger partial charge in [0.2, 0.25) is 0 Å². The second-order valence-electron chi connectivity index (χ2n) is 5.11. The molecule has 0 unspecified atom stereocenters. The molecule has 0 aliphatic carbocycles. The van der Waals surface area contributed by atoms with Crippen molar-refractivity contribution in [2.24, 2.45) is 0 Å². The Hall–Kier alpha value is -2.24. The Morgan fingerprint density at radius 2 is 1.78 bits per heavy atom. The monoisotopic (exact) mass is 382 g/mol. The van der Waals surface area contributed by atoms with Gasteiger partial charge >= 0.3 is 0 Å². The van der Waals surface area contributed by atoms with E-state index in [1.165, 1.54) is 16.7 Å². The summed E-state index contributed by atoms with van der Waals surface area (Å²) in [5, 5.41) is 5.83. The number of thiazole rings is 1. The number of carbonyl (C=O) groups is 1. The summed E-state index contributed by atoms with van der Waals surface area (Å²) in [5.41, 5.74) is 1.51. The average molecular weight is 383 g/mol. The molecule has 4 aromatic rings. The maximum atomic E-state index is 12.3. The molecule has 0 spiro atoms. The van der Waals surface area contributed by atoms with Crippen LogP contribution in [0.3, 0.4) is 0 Å². The molecule has 0 bridgehead atoms. The number of fused-ring (bicyclic) bond motifs is 3. The van der Waals surface area contributed by atoms with Gasteiger partial charge < -0.3 is 0 Å². The molecule has 0 saturated heterocycles. The van der Waals surface area contributed by atoms with Crippen LogP contribution in [0, 0.1) is 0 Å². The van der Waals surface area contributed by atoms with Crippen molar-refractivity contribution in [2.45, 2.75) is 0 Å². The molecule has 4 rings (SSSR count). The number of benzene rings is 3. The molecule has 1 aromatic heterocycles. The first-order valence-corrected chi connectivity index (χ1v) is 8.67. The van der Waals surface area contributed by atoms with Gasteiger partial charge in [-0.1, -0.05) is 57.6 Å². The first-order valence-electron chi connectivity index (χ1n) is 7.06. The topological polar surface area (TPSA) is 42.0 Å². The molecule has 1 heterocycles. The molecule has 5 heteroatoms. The van der Waals surface area contributed by atoms with Gasteiger partial charge in [-0.15, -0.1) is 0 Å². The minimum absolute atomic E-state index is 0.152. The summed E-state index contributed by atoms with van der Waals surface area (Å²) in [6, 6.07) is 19.5. The lowest BCUT2D eigenvalue weighted by molar-refractivity contribution is 0.102. The predicted molar refractivity (Wildman–Crippen MR) is 99.2 cm³/mol. The van der Waals surface area contributed by atoms with E-state index in [-0.39, 0.29) is 5.91 Å². The molecule has 0 aliphatic heterocycles. The molecule has 3 nitrogen and oxygen atoms in total. The van der Waals surface area contributed by atoms with Crippen LogP contribution >= 0.6 is 27.3 Å². The number of nitrogens with zero attached hydrogens (tertiary/aromatic N) is 1. The second kappa shape index (κ2) is 5.76. The number of anilines is 1. The fourth-order valence-electron chi connectivity index (χ4n) is 2.48. The zero-order valence-electron chi connectivity index (χ0n) is 11.9. The van der Waals surface area contributed by atoms with Crippen molar-refractivity contribution in [3.05, 3.63) is 70.7 Å². The Labute approximate surface area is 145 Å². The number of carbonyl (C=O) groups excluding carboxylic acids is 1. The van der Waals surface area contributed by atoms with Crippen molar-refractivity contribution >= 4 is 59.3 Å². The van der Waals surface area contributed by atoms with Crippen LogP contribution in [0.1, 0.15) is 10.4 Å². The Morgan fingerprint density at radius 3 is 2.61 bits per heavy atom. The first kappa shape index (κ1) is 14.4. The van der Waals surface area contributed by atoms with Crippen molar-refractivity contribution < 1.29 is 4.79 Å². The molecule has 1 amide bonds. The van der Waals surface area contributed by atoms with Gasteiger partial charge in [0, 0.05) is 15.4 Å². The molecule has 3 aromatic carbocycles. The summed E-state index contributed by atoms with van der Waals surface area (Å²) in [4.78, 5) is 16.8. The largest absolute Gasteiger partial charge is 0.298 e. The molecule has 23 heavy (non-hydrogen) atoms. The van der Waals surface area contributed by atoms with Gasteiger partial charge in [0.1, 0.15) is 0 Å². The molecule has 0 radical (unpaired) electrons. The highest BCUT2D eigenvalue weighted by Gasteiger charge is 2.11. The molecule has 0 aliphatic rings. The number of rotatable bonds is 2. The van der Waals surface area contributed by atoms with Crippen LogP contribution in [0.15, 0.2) is 65.1 Å². The van der Waals surface area contributed by atoms with Gasteiger partial charge in [0.15, 0.2) is 5.13 Å². The fourth-order valence-corrected chi connectivity index (χ4v) is 3.74. The van der Waals surface area contributed by atoms with E-state index in [1.807, 2.05) is 30.3 Å².